The molecule has 0 heterocycles. The number of rotatable bonds is 3. The average Bonchev–Trinajstić information content (AvgIpc) is 1.86. The standard InChI is InChI=1S/C6H18F3N3S/c1-10(2)13(7,8,9,11(3)4)12(5)6/h1-6H3. The largest absolute Gasteiger partial charge is 0.201 e. The first-order valence-electron chi connectivity index (χ1n) is 3.69. The van der Waals surface area contributed by atoms with E-state index in [2.05, 4.69) is 0 Å². The van der Waals surface area contributed by atoms with Crippen LogP contribution in [0.15, 0.2) is 0 Å². The smallest absolute Gasteiger partial charge is 0.190 e. The van der Waals surface area contributed by atoms with Crippen LogP contribution in [0.4, 0.5) is 11.7 Å². The summed E-state index contributed by atoms with van der Waals surface area (Å²) in [5.41, 5.74) is 0. The van der Waals surface area contributed by atoms with Gasteiger partial charge in [0.2, 0.25) is 0 Å². The van der Waals surface area contributed by atoms with Crippen LogP contribution in [0.5, 0.6) is 0 Å². The molecule has 0 bridgehead atoms. The van der Waals surface area contributed by atoms with E-state index < -0.39 is 10.0 Å². The minimum absolute atomic E-state index is 0.347. The topological polar surface area (TPSA) is 9.72 Å². The van der Waals surface area contributed by atoms with Crippen molar-refractivity contribution in [1.29, 1.82) is 0 Å². The highest BCUT2D eigenvalue weighted by molar-refractivity contribution is 8.48. The van der Waals surface area contributed by atoms with Gasteiger partial charge in [-0.2, -0.15) is 0 Å². The van der Waals surface area contributed by atoms with Gasteiger partial charge < -0.3 is 0 Å². The molecule has 0 saturated heterocycles. The number of nitrogens with zero attached hydrogens (tertiary/aromatic N) is 3. The molecule has 0 spiro atoms. The molecule has 0 unspecified atom stereocenters. The maximum Gasteiger partial charge on any atom is 0.190 e. The van der Waals surface area contributed by atoms with Crippen LogP contribution in [0.3, 0.4) is 0 Å². The summed E-state index contributed by atoms with van der Waals surface area (Å²) in [4.78, 5) is 0. The van der Waals surface area contributed by atoms with Gasteiger partial charge in [0.15, 0.2) is 10.0 Å². The van der Waals surface area contributed by atoms with Crippen LogP contribution in [-0.2, 0) is 0 Å². The van der Waals surface area contributed by atoms with E-state index in [1.807, 2.05) is 0 Å². The Morgan fingerprint density at radius 2 is 0.769 bits per heavy atom. The van der Waals surface area contributed by atoms with Crippen LogP contribution in [0.25, 0.3) is 0 Å². The van der Waals surface area contributed by atoms with E-state index in [0.29, 0.717) is 12.9 Å². The Balaban J connectivity index is 5.67. The van der Waals surface area contributed by atoms with Gasteiger partial charge in [0.1, 0.15) is 0 Å². The Bertz CT molecular complexity index is 185. The fourth-order valence-electron chi connectivity index (χ4n) is 0.980. The van der Waals surface area contributed by atoms with Gasteiger partial charge in [0, 0.05) is 42.3 Å². The van der Waals surface area contributed by atoms with Gasteiger partial charge >= 0.3 is 0 Å². The molecule has 0 amide bonds. The normalized spacial score (nSPS) is 19.4. The first-order valence-corrected chi connectivity index (χ1v) is 5.72. The van der Waals surface area contributed by atoms with E-state index in [0.717, 1.165) is 42.3 Å². The van der Waals surface area contributed by atoms with Crippen LogP contribution < -0.4 is 0 Å². The van der Waals surface area contributed by atoms with Crippen molar-refractivity contribution in [2.45, 2.75) is 0 Å². The Hall–Kier alpha value is 0.0200. The van der Waals surface area contributed by atoms with E-state index in [1.54, 1.807) is 0 Å². The molecule has 0 aliphatic carbocycles. The first-order chi connectivity index (χ1) is 5.40. The van der Waals surface area contributed by atoms with E-state index >= 15 is 0 Å². The monoisotopic (exact) mass is 221 g/mol. The second kappa shape index (κ2) is 2.53. The summed E-state index contributed by atoms with van der Waals surface area (Å²) in [5, 5.41) is 0. The van der Waals surface area contributed by atoms with Crippen molar-refractivity contribution in [3.63, 3.8) is 0 Å². The lowest BCUT2D eigenvalue weighted by Crippen LogP contribution is -2.54. The molecule has 7 heteroatoms. The molecule has 0 aromatic rings. The summed E-state index contributed by atoms with van der Waals surface area (Å²) < 4.78 is 43.3. The van der Waals surface area contributed by atoms with Gasteiger partial charge in [0.25, 0.3) is 0 Å². The Kier molecular flexibility index (Phi) is 2.53. The van der Waals surface area contributed by atoms with Crippen molar-refractivity contribution in [1.82, 2.24) is 12.9 Å². The predicted octanol–water partition coefficient (Wildman–Crippen LogP) is 1.95. The molecule has 0 fully saturated rings. The number of halogens is 3. The quantitative estimate of drug-likeness (QED) is 0.721. The van der Waals surface area contributed by atoms with Crippen LogP contribution in [-0.4, -0.2) is 55.2 Å². The lowest BCUT2D eigenvalue weighted by molar-refractivity contribution is 0.256. The highest BCUT2D eigenvalue weighted by Gasteiger charge is 2.68. The van der Waals surface area contributed by atoms with E-state index in [-0.39, 0.29) is 0 Å². The third kappa shape index (κ3) is 1.34. The molecule has 0 N–H and O–H groups in total. The van der Waals surface area contributed by atoms with E-state index in [1.165, 1.54) is 0 Å². The molecular formula is C6H18F3N3S. The number of hydrogen-bond donors (Lipinski definition) is 0. The highest BCUT2D eigenvalue weighted by Crippen LogP contribution is 2.97. The molecule has 0 aromatic carbocycles. The molecule has 0 saturated carbocycles. The van der Waals surface area contributed by atoms with Crippen LogP contribution in [0, 0.1) is 0 Å². The second-order valence-electron chi connectivity index (χ2n) is 3.48. The fraction of sp³-hybridized carbons (Fsp3) is 1.00. The fourth-order valence-corrected chi connectivity index (χ4v) is 2.94. The molecule has 3 nitrogen and oxygen atoms in total. The molecular weight excluding hydrogens is 203 g/mol. The first kappa shape index (κ1) is 13.0. The van der Waals surface area contributed by atoms with Gasteiger partial charge in [-0.3, -0.25) is 0 Å². The summed E-state index contributed by atoms with van der Waals surface area (Å²) in [6, 6.07) is 0. The molecule has 84 valence electrons. The van der Waals surface area contributed by atoms with Gasteiger partial charge in [-0.15, -0.1) is 11.7 Å². The minimum atomic E-state index is -6.90. The Morgan fingerprint density at radius 3 is 0.769 bits per heavy atom. The van der Waals surface area contributed by atoms with Crippen molar-refractivity contribution in [2.24, 2.45) is 0 Å². The molecule has 0 rings (SSSR count). The molecule has 0 radical (unpaired) electrons. The zero-order valence-electron chi connectivity index (χ0n) is 8.88. The number of hydrogen-bond acceptors (Lipinski definition) is 3. The second-order valence-corrected chi connectivity index (χ2v) is 7.75. The molecule has 13 heavy (non-hydrogen) atoms. The molecule has 0 aromatic heterocycles. The molecule has 0 atom stereocenters. The third-order valence-electron chi connectivity index (χ3n) is 2.22. The van der Waals surface area contributed by atoms with E-state index in [9.17, 15) is 11.7 Å². The lowest BCUT2D eigenvalue weighted by Gasteiger charge is -2.69. The highest BCUT2D eigenvalue weighted by atomic mass is 32.5. The minimum Gasteiger partial charge on any atom is -0.201 e. The lowest BCUT2D eigenvalue weighted by atomic mass is 11.2. The van der Waals surface area contributed by atoms with Crippen molar-refractivity contribution < 1.29 is 11.7 Å². The molecule has 0 aliphatic rings. The van der Waals surface area contributed by atoms with E-state index in [4.69, 9.17) is 0 Å². The van der Waals surface area contributed by atoms with Crippen molar-refractivity contribution in [3.05, 3.63) is 0 Å². The Labute approximate surface area is 77.6 Å². The van der Waals surface area contributed by atoms with Gasteiger partial charge in [-0.25, -0.2) is 12.9 Å². The summed E-state index contributed by atoms with van der Waals surface area (Å²) in [7, 11) is -0.722. The SMILES string of the molecule is CN(C)S(F)(F)(F)(N(C)C)N(C)C. The van der Waals surface area contributed by atoms with Crippen LogP contribution in [0.2, 0.25) is 0 Å². The van der Waals surface area contributed by atoms with Crippen LogP contribution >= 0.6 is 10.0 Å². The van der Waals surface area contributed by atoms with Gasteiger partial charge in [0.05, 0.1) is 0 Å². The molecule has 0 aliphatic heterocycles. The van der Waals surface area contributed by atoms with Gasteiger partial charge in [-0.1, -0.05) is 0 Å². The summed E-state index contributed by atoms with van der Waals surface area (Å²) in [6.07, 6.45) is 0. The van der Waals surface area contributed by atoms with Crippen molar-refractivity contribution in [2.75, 3.05) is 42.3 Å². The zero-order valence-corrected chi connectivity index (χ0v) is 9.70. The zero-order chi connectivity index (χ0) is 11.1. The summed E-state index contributed by atoms with van der Waals surface area (Å²) in [5.74, 6) is 0. The van der Waals surface area contributed by atoms with Crippen molar-refractivity contribution >= 4 is 10.0 Å². The predicted molar refractivity (Wildman–Crippen MR) is 52.0 cm³/mol. The maximum atomic E-state index is 14.1. The summed E-state index contributed by atoms with van der Waals surface area (Å²) >= 11 is 0. The van der Waals surface area contributed by atoms with Crippen LogP contribution in [0.1, 0.15) is 0 Å². The van der Waals surface area contributed by atoms with Gasteiger partial charge in [-0.05, 0) is 0 Å². The third-order valence-corrected chi connectivity index (χ3v) is 6.67. The average molecular weight is 221 g/mol. The maximum absolute atomic E-state index is 14.1. The Morgan fingerprint density at radius 1 is 0.615 bits per heavy atom. The summed E-state index contributed by atoms with van der Waals surface area (Å²) in [6.45, 7) is 0. The van der Waals surface area contributed by atoms with Crippen molar-refractivity contribution in [3.8, 4) is 0 Å².